The zero-order chi connectivity index (χ0) is 15.5. The molecule has 1 aliphatic rings. The van der Waals surface area contributed by atoms with Crippen molar-refractivity contribution in [1.29, 1.82) is 0 Å². The first-order valence-electron chi connectivity index (χ1n) is 7.30. The molecule has 0 fully saturated rings. The lowest BCUT2D eigenvalue weighted by Gasteiger charge is -2.33. The van der Waals surface area contributed by atoms with Gasteiger partial charge in [0.05, 0.1) is 0 Å². The minimum absolute atomic E-state index is 0.00997. The molecule has 0 spiro atoms. The summed E-state index contributed by atoms with van der Waals surface area (Å²) in [7, 11) is 0. The molecule has 2 unspecified atom stereocenters. The first kappa shape index (κ1) is 15.6. The van der Waals surface area contributed by atoms with E-state index < -0.39 is 6.10 Å². The molecule has 5 nitrogen and oxygen atoms in total. The van der Waals surface area contributed by atoms with Gasteiger partial charge in [-0.15, -0.1) is 0 Å². The Balaban J connectivity index is 2.01. The fourth-order valence-electron chi connectivity index (χ4n) is 2.30. The Hall–Kier alpha value is -1.75. The third-order valence-electron chi connectivity index (χ3n) is 3.62. The molecule has 0 saturated heterocycles. The van der Waals surface area contributed by atoms with E-state index in [1.807, 2.05) is 18.2 Å². The predicted molar refractivity (Wildman–Crippen MR) is 81.4 cm³/mol. The average Bonchev–Trinajstić information content (AvgIpc) is 2.45. The first-order chi connectivity index (χ1) is 9.91. The summed E-state index contributed by atoms with van der Waals surface area (Å²) in [5.41, 5.74) is 5.58. The number of carbonyl (C=O) groups excluding carboxylic acids is 1. The number of hydrogen-bond donors (Lipinski definition) is 2. The molecule has 1 aliphatic heterocycles. The zero-order valence-electron chi connectivity index (χ0n) is 12.9. The quantitative estimate of drug-likeness (QED) is 0.886. The molecular formula is C16H24N2O3. The molecule has 3 N–H and O–H groups in total. The van der Waals surface area contributed by atoms with Gasteiger partial charge in [-0.1, -0.05) is 32.9 Å². The van der Waals surface area contributed by atoms with Crippen LogP contribution in [0.3, 0.4) is 0 Å². The molecule has 116 valence electrons. The number of rotatable bonds is 4. The van der Waals surface area contributed by atoms with Crippen molar-refractivity contribution < 1.29 is 14.3 Å². The highest BCUT2D eigenvalue weighted by molar-refractivity contribution is 5.82. The van der Waals surface area contributed by atoms with Crippen LogP contribution in [0.1, 0.15) is 27.2 Å². The van der Waals surface area contributed by atoms with Gasteiger partial charge in [-0.2, -0.15) is 0 Å². The van der Waals surface area contributed by atoms with Crippen LogP contribution in [0.4, 0.5) is 0 Å². The van der Waals surface area contributed by atoms with Crippen LogP contribution >= 0.6 is 0 Å². The van der Waals surface area contributed by atoms with E-state index in [-0.39, 0.29) is 24.0 Å². The molecule has 1 amide bonds. The zero-order valence-corrected chi connectivity index (χ0v) is 12.9. The third kappa shape index (κ3) is 3.88. The summed E-state index contributed by atoms with van der Waals surface area (Å²) in [6.45, 7) is 7.01. The highest BCUT2D eigenvalue weighted by atomic mass is 16.6. The Morgan fingerprint density at radius 1 is 1.38 bits per heavy atom. The fourth-order valence-corrected chi connectivity index (χ4v) is 2.30. The topological polar surface area (TPSA) is 73.6 Å². The number of fused-ring (bicyclic) bond motifs is 1. The number of nitrogens with two attached hydrogens (primary N) is 1. The third-order valence-corrected chi connectivity index (χ3v) is 3.62. The summed E-state index contributed by atoms with van der Waals surface area (Å²) in [6, 6.07) is 7.37. The van der Waals surface area contributed by atoms with Crippen LogP contribution in [0, 0.1) is 5.41 Å². The van der Waals surface area contributed by atoms with Gasteiger partial charge in [0, 0.05) is 6.04 Å². The summed E-state index contributed by atoms with van der Waals surface area (Å²) in [5, 5.41) is 3.03. The molecule has 0 bridgehead atoms. The SMILES string of the molecule is CC(C)(C)C(CCN)NC(=O)C1COc2ccccc2O1. The van der Waals surface area contributed by atoms with Gasteiger partial charge in [0.15, 0.2) is 11.5 Å². The van der Waals surface area contributed by atoms with Crippen molar-refractivity contribution in [2.45, 2.75) is 39.3 Å². The second-order valence-corrected chi connectivity index (χ2v) is 6.37. The van der Waals surface area contributed by atoms with E-state index in [4.69, 9.17) is 15.2 Å². The van der Waals surface area contributed by atoms with Crippen molar-refractivity contribution in [2.24, 2.45) is 11.1 Å². The monoisotopic (exact) mass is 292 g/mol. The van der Waals surface area contributed by atoms with E-state index >= 15 is 0 Å². The van der Waals surface area contributed by atoms with E-state index in [9.17, 15) is 4.79 Å². The average molecular weight is 292 g/mol. The second kappa shape index (κ2) is 6.35. The normalized spacial score (nSPS) is 19.0. The number of amides is 1. The van der Waals surface area contributed by atoms with Crippen molar-refractivity contribution in [1.82, 2.24) is 5.32 Å². The Labute approximate surface area is 125 Å². The van der Waals surface area contributed by atoms with E-state index in [1.165, 1.54) is 0 Å². The number of carbonyl (C=O) groups is 1. The molecule has 0 aromatic heterocycles. The van der Waals surface area contributed by atoms with E-state index in [1.54, 1.807) is 6.07 Å². The highest BCUT2D eigenvalue weighted by Gasteiger charge is 2.32. The van der Waals surface area contributed by atoms with Gasteiger partial charge in [-0.05, 0) is 30.5 Å². The van der Waals surface area contributed by atoms with Crippen LogP contribution in [-0.2, 0) is 4.79 Å². The maximum atomic E-state index is 12.4. The second-order valence-electron chi connectivity index (χ2n) is 6.37. The van der Waals surface area contributed by atoms with Gasteiger partial charge < -0.3 is 20.5 Å². The maximum absolute atomic E-state index is 12.4. The van der Waals surface area contributed by atoms with Crippen LogP contribution in [0.15, 0.2) is 24.3 Å². The lowest BCUT2D eigenvalue weighted by Crippen LogP contribution is -2.51. The molecule has 5 heteroatoms. The molecule has 1 heterocycles. The number of hydrogen-bond acceptors (Lipinski definition) is 4. The van der Waals surface area contributed by atoms with E-state index in [2.05, 4.69) is 26.1 Å². The first-order valence-corrected chi connectivity index (χ1v) is 7.30. The summed E-state index contributed by atoms with van der Waals surface area (Å²) in [6.07, 6.45) is 0.113. The minimum Gasteiger partial charge on any atom is -0.485 e. The van der Waals surface area contributed by atoms with Crippen LogP contribution in [0.25, 0.3) is 0 Å². The molecule has 0 radical (unpaired) electrons. The number of para-hydroxylation sites is 2. The fraction of sp³-hybridized carbons (Fsp3) is 0.562. The Bertz CT molecular complexity index is 497. The van der Waals surface area contributed by atoms with Gasteiger partial charge in [-0.25, -0.2) is 0 Å². The Kier molecular flexibility index (Phi) is 4.73. The smallest absolute Gasteiger partial charge is 0.264 e. The van der Waals surface area contributed by atoms with Crippen molar-refractivity contribution in [3.63, 3.8) is 0 Å². The van der Waals surface area contributed by atoms with Crippen LogP contribution < -0.4 is 20.5 Å². The van der Waals surface area contributed by atoms with Crippen molar-refractivity contribution >= 4 is 5.91 Å². The number of ether oxygens (including phenoxy) is 2. The van der Waals surface area contributed by atoms with E-state index in [0.717, 1.165) is 6.42 Å². The van der Waals surface area contributed by atoms with Crippen LogP contribution in [0.2, 0.25) is 0 Å². The lowest BCUT2D eigenvalue weighted by atomic mass is 9.84. The summed E-state index contributed by atoms with van der Waals surface area (Å²) in [5.74, 6) is 1.13. The van der Waals surface area contributed by atoms with Crippen molar-refractivity contribution in [3.8, 4) is 11.5 Å². The molecule has 21 heavy (non-hydrogen) atoms. The molecular weight excluding hydrogens is 268 g/mol. The molecule has 2 rings (SSSR count). The Morgan fingerprint density at radius 3 is 2.67 bits per heavy atom. The molecule has 1 aromatic carbocycles. The van der Waals surface area contributed by atoms with Crippen molar-refractivity contribution in [2.75, 3.05) is 13.2 Å². The van der Waals surface area contributed by atoms with E-state index in [0.29, 0.717) is 18.0 Å². The predicted octanol–water partition coefficient (Wildman–Crippen LogP) is 1.71. The minimum atomic E-state index is -0.623. The maximum Gasteiger partial charge on any atom is 0.264 e. The standard InChI is InChI=1S/C16H24N2O3/c1-16(2,3)14(8-9-17)18-15(19)13-10-20-11-6-4-5-7-12(11)21-13/h4-7,13-14H,8-10,17H2,1-3H3,(H,18,19). The highest BCUT2D eigenvalue weighted by Crippen LogP contribution is 2.31. The van der Waals surface area contributed by atoms with Gasteiger partial charge >= 0.3 is 0 Å². The number of benzene rings is 1. The van der Waals surface area contributed by atoms with Crippen LogP contribution in [0.5, 0.6) is 11.5 Å². The summed E-state index contributed by atoms with van der Waals surface area (Å²) in [4.78, 5) is 12.4. The van der Waals surface area contributed by atoms with Crippen molar-refractivity contribution in [3.05, 3.63) is 24.3 Å². The lowest BCUT2D eigenvalue weighted by molar-refractivity contribution is -0.131. The summed E-state index contributed by atoms with van der Waals surface area (Å²) >= 11 is 0. The van der Waals surface area contributed by atoms with Gasteiger partial charge in [0.2, 0.25) is 6.10 Å². The summed E-state index contributed by atoms with van der Waals surface area (Å²) < 4.78 is 11.3. The molecule has 1 aromatic rings. The largest absolute Gasteiger partial charge is 0.485 e. The molecule has 0 saturated carbocycles. The Morgan fingerprint density at radius 2 is 2.05 bits per heavy atom. The van der Waals surface area contributed by atoms with Gasteiger partial charge in [0.1, 0.15) is 6.61 Å². The number of nitrogens with one attached hydrogen (secondary N) is 1. The molecule has 2 atom stereocenters. The molecule has 0 aliphatic carbocycles. The van der Waals surface area contributed by atoms with Gasteiger partial charge in [0.25, 0.3) is 5.91 Å². The van der Waals surface area contributed by atoms with Crippen LogP contribution in [-0.4, -0.2) is 31.2 Å². The van der Waals surface area contributed by atoms with Gasteiger partial charge in [-0.3, -0.25) is 4.79 Å².